The van der Waals surface area contributed by atoms with Gasteiger partial charge in [-0.3, -0.25) is 4.79 Å². The minimum Gasteiger partial charge on any atom is -0.357 e. The van der Waals surface area contributed by atoms with E-state index in [2.05, 4.69) is 44.3 Å². The zero-order chi connectivity index (χ0) is 22.6. The molecule has 0 aliphatic carbocycles. The zero-order valence-electron chi connectivity index (χ0n) is 18.8. The first-order chi connectivity index (χ1) is 16.2. The van der Waals surface area contributed by atoms with Crippen molar-refractivity contribution in [2.45, 2.75) is 38.9 Å². The highest BCUT2D eigenvalue weighted by molar-refractivity contribution is 6.03. The Morgan fingerprint density at radius 1 is 1.06 bits per heavy atom. The van der Waals surface area contributed by atoms with Crippen LogP contribution in [0.15, 0.2) is 54.7 Å². The third kappa shape index (κ3) is 5.07. The van der Waals surface area contributed by atoms with Gasteiger partial charge in [0.15, 0.2) is 0 Å². The van der Waals surface area contributed by atoms with Crippen LogP contribution in [0.1, 0.15) is 52.7 Å². The highest BCUT2D eigenvalue weighted by Crippen LogP contribution is 2.20. The van der Waals surface area contributed by atoms with Crippen LogP contribution in [0, 0.1) is 6.92 Å². The monoisotopic (exact) mass is 446 g/mol. The molecule has 5 rings (SSSR count). The van der Waals surface area contributed by atoms with Crippen molar-refractivity contribution in [3.8, 4) is 0 Å². The lowest BCUT2D eigenvalue weighted by Gasteiger charge is -2.28. The van der Waals surface area contributed by atoms with Gasteiger partial charge in [-0.25, -0.2) is 15.8 Å². The standard InChI is InChI=1S/C24H30N8O/c1-17-14-21(24(33)26-19-10-8-18(9-11-19)23-27-29-30-28-23)32(15-17)16-20-6-5-7-22(25-20)31-12-3-2-4-13-31/h5-11,14-15,23,27-30H,2-4,12-13,16H2,1H3,(H,26,33). The first kappa shape index (κ1) is 21.6. The number of aryl methyl sites for hydroxylation is 1. The van der Waals surface area contributed by atoms with Crippen molar-refractivity contribution < 1.29 is 4.79 Å². The van der Waals surface area contributed by atoms with E-state index < -0.39 is 0 Å². The van der Waals surface area contributed by atoms with Gasteiger partial charge in [-0.1, -0.05) is 18.2 Å². The van der Waals surface area contributed by atoms with Crippen molar-refractivity contribution in [1.29, 1.82) is 0 Å². The fraction of sp³-hybridized carbons (Fsp3) is 0.333. The van der Waals surface area contributed by atoms with Crippen LogP contribution >= 0.6 is 0 Å². The number of carbonyl (C=O) groups excluding carboxylic acids is 1. The van der Waals surface area contributed by atoms with E-state index in [0.717, 1.165) is 41.4 Å². The van der Waals surface area contributed by atoms with Gasteiger partial charge in [-0.05, 0) is 67.6 Å². The second-order valence-corrected chi connectivity index (χ2v) is 8.61. The average Bonchev–Trinajstić information content (AvgIpc) is 3.50. The maximum atomic E-state index is 13.1. The van der Waals surface area contributed by atoms with Gasteiger partial charge >= 0.3 is 0 Å². The number of piperidine rings is 1. The van der Waals surface area contributed by atoms with Crippen molar-refractivity contribution in [1.82, 2.24) is 31.5 Å². The molecule has 2 fully saturated rings. The molecule has 0 atom stereocenters. The van der Waals surface area contributed by atoms with E-state index in [9.17, 15) is 4.79 Å². The number of aromatic nitrogens is 2. The summed E-state index contributed by atoms with van der Waals surface area (Å²) in [6, 6.07) is 15.8. The number of hydrogen-bond donors (Lipinski definition) is 5. The summed E-state index contributed by atoms with van der Waals surface area (Å²) in [5.74, 6) is 0.891. The zero-order valence-corrected chi connectivity index (χ0v) is 18.8. The average molecular weight is 447 g/mol. The number of anilines is 2. The molecule has 0 spiro atoms. The van der Waals surface area contributed by atoms with Gasteiger partial charge in [0.1, 0.15) is 17.7 Å². The number of carbonyl (C=O) groups is 1. The Labute approximate surface area is 193 Å². The minimum atomic E-state index is -0.136. The van der Waals surface area contributed by atoms with E-state index in [-0.39, 0.29) is 12.1 Å². The number of rotatable bonds is 6. The van der Waals surface area contributed by atoms with Gasteiger partial charge in [0, 0.05) is 25.0 Å². The van der Waals surface area contributed by atoms with Crippen molar-refractivity contribution in [3.05, 3.63) is 77.2 Å². The molecule has 172 valence electrons. The fourth-order valence-corrected chi connectivity index (χ4v) is 4.38. The Hall–Kier alpha value is -3.24. The predicted molar refractivity (Wildman–Crippen MR) is 128 cm³/mol. The van der Waals surface area contributed by atoms with E-state index >= 15 is 0 Å². The molecule has 2 saturated heterocycles. The molecular weight excluding hydrogens is 416 g/mol. The Bertz CT molecular complexity index is 1100. The normalized spacial score (nSPS) is 16.8. The SMILES string of the molecule is Cc1cc(C(=O)Nc2ccc(C3NNNN3)cc2)n(Cc2cccc(N3CCCCC3)n2)c1. The summed E-state index contributed by atoms with van der Waals surface area (Å²) in [5, 5.41) is 3.02. The van der Waals surface area contributed by atoms with Crippen LogP contribution in [-0.2, 0) is 6.54 Å². The number of amides is 1. The molecule has 2 aliphatic rings. The highest BCUT2D eigenvalue weighted by Gasteiger charge is 2.17. The maximum Gasteiger partial charge on any atom is 0.272 e. The molecule has 3 aromatic rings. The van der Waals surface area contributed by atoms with Crippen LogP contribution in [-0.4, -0.2) is 28.5 Å². The lowest BCUT2D eigenvalue weighted by atomic mass is 10.1. The summed E-state index contributed by atoms with van der Waals surface area (Å²) >= 11 is 0. The van der Waals surface area contributed by atoms with E-state index in [1.165, 1.54) is 19.3 Å². The second-order valence-electron chi connectivity index (χ2n) is 8.61. The highest BCUT2D eigenvalue weighted by atomic mass is 16.2. The molecule has 5 N–H and O–H groups in total. The van der Waals surface area contributed by atoms with Crippen LogP contribution in [0.4, 0.5) is 11.5 Å². The molecule has 0 saturated carbocycles. The van der Waals surface area contributed by atoms with Gasteiger partial charge in [0.05, 0.1) is 12.2 Å². The first-order valence-electron chi connectivity index (χ1n) is 11.5. The molecule has 1 aromatic carbocycles. The smallest absolute Gasteiger partial charge is 0.272 e. The molecule has 2 aliphatic heterocycles. The molecule has 0 radical (unpaired) electrons. The Balaban J connectivity index is 1.29. The van der Waals surface area contributed by atoms with Crippen LogP contribution in [0.25, 0.3) is 0 Å². The summed E-state index contributed by atoms with van der Waals surface area (Å²) in [6.45, 7) is 4.68. The molecular formula is C24H30N8O. The third-order valence-electron chi connectivity index (χ3n) is 6.07. The van der Waals surface area contributed by atoms with Crippen molar-refractivity contribution in [3.63, 3.8) is 0 Å². The molecule has 33 heavy (non-hydrogen) atoms. The molecule has 2 aromatic heterocycles. The molecule has 9 nitrogen and oxygen atoms in total. The molecule has 0 unspecified atom stereocenters. The van der Waals surface area contributed by atoms with Gasteiger partial charge in [0.25, 0.3) is 5.91 Å². The van der Waals surface area contributed by atoms with Crippen LogP contribution in [0.2, 0.25) is 0 Å². The number of nitrogens with one attached hydrogen (secondary N) is 5. The number of hydrogen-bond acceptors (Lipinski definition) is 7. The van der Waals surface area contributed by atoms with Crippen LogP contribution in [0.5, 0.6) is 0 Å². The largest absolute Gasteiger partial charge is 0.357 e. The minimum absolute atomic E-state index is 0.0390. The van der Waals surface area contributed by atoms with Gasteiger partial charge < -0.3 is 14.8 Å². The molecule has 0 bridgehead atoms. The van der Waals surface area contributed by atoms with E-state index in [4.69, 9.17) is 4.98 Å². The summed E-state index contributed by atoms with van der Waals surface area (Å²) in [5.41, 5.74) is 16.1. The fourth-order valence-electron chi connectivity index (χ4n) is 4.38. The lowest BCUT2D eigenvalue weighted by molar-refractivity contribution is 0.101. The summed E-state index contributed by atoms with van der Waals surface area (Å²) in [6.07, 6.45) is 5.70. The van der Waals surface area contributed by atoms with Crippen molar-refractivity contribution >= 4 is 17.4 Å². The number of pyridine rings is 1. The Morgan fingerprint density at radius 2 is 1.82 bits per heavy atom. The van der Waals surface area contributed by atoms with Crippen molar-refractivity contribution in [2.24, 2.45) is 0 Å². The summed E-state index contributed by atoms with van der Waals surface area (Å²) < 4.78 is 1.98. The topological polar surface area (TPSA) is 98.3 Å². The number of nitrogens with zero attached hydrogens (tertiary/aromatic N) is 3. The molecule has 1 amide bonds. The Kier molecular flexibility index (Phi) is 6.36. The van der Waals surface area contributed by atoms with Crippen LogP contribution in [0.3, 0.4) is 0 Å². The summed E-state index contributed by atoms with van der Waals surface area (Å²) in [4.78, 5) is 20.3. The van der Waals surface area contributed by atoms with E-state index in [1.54, 1.807) is 0 Å². The molecule has 9 heteroatoms. The summed E-state index contributed by atoms with van der Waals surface area (Å²) in [7, 11) is 0. The van der Waals surface area contributed by atoms with E-state index in [0.29, 0.717) is 12.2 Å². The van der Waals surface area contributed by atoms with Gasteiger partial charge in [-0.2, -0.15) is 11.1 Å². The quantitative estimate of drug-likeness (QED) is 0.397. The van der Waals surface area contributed by atoms with Gasteiger partial charge in [-0.15, -0.1) is 0 Å². The number of benzene rings is 1. The molecule has 4 heterocycles. The lowest BCUT2D eigenvalue weighted by Crippen LogP contribution is -2.33. The second kappa shape index (κ2) is 9.72. The van der Waals surface area contributed by atoms with E-state index in [1.807, 2.05) is 54.1 Å². The predicted octanol–water partition coefficient (Wildman–Crippen LogP) is 2.60. The van der Waals surface area contributed by atoms with Gasteiger partial charge in [0.2, 0.25) is 0 Å². The third-order valence-corrected chi connectivity index (χ3v) is 6.07. The first-order valence-corrected chi connectivity index (χ1v) is 11.5. The Morgan fingerprint density at radius 3 is 2.58 bits per heavy atom. The van der Waals surface area contributed by atoms with Crippen molar-refractivity contribution in [2.75, 3.05) is 23.3 Å². The van der Waals surface area contributed by atoms with Crippen LogP contribution < -0.4 is 32.1 Å². The maximum absolute atomic E-state index is 13.1. The number of hydrazine groups is 3.